The molecule has 24 heavy (non-hydrogen) atoms. The molecule has 7 heteroatoms. The van der Waals surface area contributed by atoms with Gasteiger partial charge in [0.05, 0.1) is 5.69 Å². The first-order valence-electron chi connectivity index (χ1n) is 8.25. The van der Waals surface area contributed by atoms with Crippen LogP contribution in [0, 0.1) is 0 Å². The number of benzene rings is 1. The van der Waals surface area contributed by atoms with Crippen molar-refractivity contribution in [3.8, 4) is 5.75 Å². The molecule has 1 aromatic carbocycles. The summed E-state index contributed by atoms with van der Waals surface area (Å²) in [5, 5.41) is 10.3. The number of anilines is 2. The molecule has 1 aromatic rings. The van der Waals surface area contributed by atoms with E-state index < -0.39 is 0 Å². The van der Waals surface area contributed by atoms with Crippen molar-refractivity contribution in [3.05, 3.63) is 18.2 Å². The van der Waals surface area contributed by atoms with Crippen LogP contribution in [-0.2, 0) is 0 Å². The molecule has 1 N–H and O–H groups in total. The molecule has 2 aliphatic heterocycles. The van der Waals surface area contributed by atoms with Gasteiger partial charge in [-0.15, -0.1) is 37.2 Å². The first-order valence-corrected chi connectivity index (χ1v) is 8.25. The molecule has 0 aromatic heterocycles. The second-order valence-corrected chi connectivity index (χ2v) is 6.36. The number of rotatable bonds is 2. The van der Waals surface area contributed by atoms with Gasteiger partial charge in [0.2, 0.25) is 0 Å². The fourth-order valence-electron chi connectivity index (χ4n) is 3.40. The van der Waals surface area contributed by atoms with Crippen LogP contribution in [0.2, 0.25) is 0 Å². The van der Waals surface area contributed by atoms with E-state index in [1.807, 2.05) is 6.07 Å². The van der Waals surface area contributed by atoms with Gasteiger partial charge in [-0.2, -0.15) is 0 Å². The fourth-order valence-corrected chi connectivity index (χ4v) is 3.40. The summed E-state index contributed by atoms with van der Waals surface area (Å²) < 4.78 is 0. The van der Waals surface area contributed by atoms with Crippen molar-refractivity contribution in [3.63, 3.8) is 0 Å². The van der Waals surface area contributed by atoms with E-state index in [1.165, 1.54) is 24.9 Å². The van der Waals surface area contributed by atoms with Crippen LogP contribution in [0.15, 0.2) is 18.2 Å². The number of likely N-dealkylation sites (N-methyl/N-ethyl adjacent to an activating group) is 1. The van der Waals surface area contributed by atoms with E-state index in [0.717, 1.165) is 51.4 Å². The standard InChI is InChI=1S/C17H27N3O.3ClH/c1-18-8-5-11-20(13-12-18)16-14-15(6-7-17(16)21)19-9-3-2-4-10-19;;;/h6-7,14,21H,2-5,8-13H2,1H3;3*1H. The van der Waals surface area contributed by atoms with Crippen LogP contribution in [0.4, 0.5) is 11.4 Å². The summed E-state index contributed by atoms with van der Waals surface area (Å²) >= 11 is 0. The fraction of sp³-hybridized carbons (Fsp3) is 0.647. The first kappa shape index (κ1) is 23.4. The lowest BCUT2D eigenvalue weighted by atomic mass is 10.1. The van der Waals surface area contributed by atoms with Crippen LogP contribution in [0.1, 0.15) is 25.7 Å². The highest BCUT2D eigenvalue weighted by Gasteiger charge is 2.18. The maximum atomic E-state index is 10.3. The Balaban J connectivity index is 0.00000176. The molecule has 4 nitrogen and oxygen atoms in total. The van der Waals surface area contributed by atoms with E-state index in [4.69, 9.17) is 0 Å². The summed E-state index contributed by atoms with van der Waals surface area (Å²) in [5.74, 6) is 0.417. The Morgan fingerprint density at radius 2 is 1.42 bits per heavy atom. The Labute approximate surface area is 164 Å². The molecule has 2 saturated heterocycles. The summed E-state index contributed by atoms with van der Waals surface area (Å²) in [6.45, 7) is 6.52. The van der Waals surface area contributed by atoms with Gasteiger partial charge in [-0.1, -0.05) is 0 Å². The zero-order valence-corrected chi connectivity index (χ0v) is 16.8. The molecule has 0 spiro atoms. The Morgan fingerprint density at radius 3 is 2.12 bits per heavy atom. The molecule has 2 fully saturated rings. The average molecular weight is 399 g/mol. The Kier molecular flexibility index (Phi) is 10.9. The van der Waals surface area contributed by atoms with Gasteiger partial charge in [-0.25, -0.2) is 0 Å². The van der Waals surface area contributed by atoms with Crippen LogP contribution in [0.25, 0.3) is 0 Å². The van der Waals surface area contributed by atoms with Gasteiger partial charge < -0.3 is 19.8 Å². The SMILES string of the molecule is CN1CCCN(c2cc(N3CCCCC3)ccc2O)CC1.Cl.Cl.Cl. The molecule has 0 saturated carbocycles. The molecule has 140 valence electrons. The van der Waals surface area contributed by atoms with Crippen molar-refractivity contribution >= 4 is 48.6 Å². The summed E-state index contributed by atoms with van der Waals surface area (Å²) in [6, 6.07) is 6.12. The maximum Gasteiger partial charge on any atom is 0.139 e. The monoisotopic (exact) mass is 397 g/mol. The highest BCUT2D eigenvalue weighted by molar-refractivity contribution is 5.86. The number of aromatic hydroxyl groups is 1. The number of phenolic OH excluding ortho intramolecular Hbond substituents is 1. The molecule has 0 unspecified atom stereocenters. The second-order valence-electron chi connectivity index (χ2n) is 6.36. The van der Waals surface area contributed by atoms with Crippen LogP contribution in [0.3, 0.4) is 0 Å². The van der Waals surface area contributed by atoms with E-state index in [2.05, 4.69) is 33.9 Å². The lowest BCUT2D eigenvalue weighted by molar-refractivity contribution is 0.360. The first-order chi connectivity index (χ1) is 10.2. The zero-order chi connectivity index (χ0) is 14.7. The predicted octanol–water partition coefficient (Wildman–Crippen LogP) is 3.79. The topological polar surface area (TPSA) is 30.0 Å². The number of phenols is 1. The lowest BCUT2D eigenvalue weighted by Gasteiger charge is -2.31. The normalized spacial score (nSPS) is 18.7. The van der Waals surface area contributed by atoms with Crippen molar-refractivity contribution < 1.29 is 5.11 Å². The van der Waals surface area contributed by atoms with Gasteiger partial charge in [0.1, 0.15) is 5.75 Å². The van der Waals surface area contributed by atoms with E-state index in [0.29, 0.717) is 5.75 Å². The molecule has 0 radical (unpaired) electrons. The number of hydrogen-bond acceptors (Lipinski definition) is 4. The summed E-state index contributed by atoms with van der Waals surface area (Å²) in [5.41, 5.74) is 2.27. The maximum absolute atomic E-state index is 10.3. The van der Waals surface area contributed by atoms with Crippen LogP contribution < -0.4 is 9.80 Å². The molecule has 2 heterocycles. The molecule has 2 aliphatic rings. The Hall–Kier alpha value is -0.550. The minimum Gasteiger partial charge on any atom is -0.506 e. The Bertz CT molecular complexity index is 484. The predicted molar refractivity (Wildman–Crippen MR) is 110 cm³/mol. The third-order valence-electron chi connectivity index (χ3n) is 4.74. The van der Waals surface area contributed by atoms with Crippen LogP contribution >= 0.6 is 37.2 Å². The molecular weight excluding hydrogens is 369 g/mol. The third-order valence-corrected chi connectivity index (χ3v) is 4.74. The van der Waals surface area contributed by atoms with Crippen molar-refractivity contribution in [2.75, 3.05) is 56.1 Å². The van der Waals surface area contributed by atoms with Crippen molar-refractivity contribution in [1.82, 2.24) is 4.90 Å². The minimum atomic E-state index is 0. The second kappa shape index (κ2) is 11.1. The van der Waals surface area contributed by atoms with Crippen molar-refractivity contribution in [1.29, 1.82) is 0 Å². The van der Waals surface area contributed by atoms with Gasteiger partial charge in [0, 0.05) is 38.4 Å². The highest BCUT2D eigenvalue weighted by atomic mass is 35.5. The quantitative estimate of drug-likeness (QED) is 0.821. The zero-order valence-electron chi connectivity index (χ0n) is 14.3. The van der Waals surface area contributed by atoms with Crippen LogP contribution in [-0.4, -0.2) is 56.3 Å². The highest BCUT2D eigenvalue weighted by Crippen LogP contribution is 2.33. The summed E-state index contributed by atoms with van der Waals surface area (Å²) in [6.07, 6.45) is 5.07. The van der Waals surface area contributed by atoms with Gasteiger partial charge in [-0.3, -0.25) is 0 Å². The van der Waals surface area contributed by atoms with Crippen molar-refractivity contribution in [2.45, 2.75) is 25.7 Å². The van der Waals surface area contributed by atoms with E-state index in [1.54, 1.807) is 0 Å². The van der Waals surface area contributed by atoms with Gasteiger partial charge in [0.25, 0.3) is 0 Å². The largest absolute Gasteiger partial charge is 0.506 e. The molecule has 3 rings (SSSR count). The summed E-state index contributed by atoms with van der Waals surface area (Å²) in [4.78, 5) is 7.16. The Morgan fingerprint density at radius 1 is 0.750 bits per heavy atom. The number of halogens is 3. The molecule has 0 bridgehead atoms. The van der Waals surface area contributed by atoms with E-state index in [-0.39, 0.29) is 37.2 Å². The molecule has 0 amide bonds. The van der Waals surface area contributed by atoms with Gasteiger partial charge >= 0.3 is 0 Å². The smallest absolute Gasteiger partial charge is 0.139 e. The van der Waals surface area contributed by atoms with Crippen LogP contribution in [0.5, 0.6) is 5.75 Å². The molecule has 0 aliphatic carbocycles. The average Bonchev–Trinajstić information content (AvgIpc) is 2.73. The van der Waals surface area contributed by atoms with E-state index >= 15 is 0 Å². The number of piperidine rings is 1. The van der Waals surface area contributed by atoms with Gasteiger partial charge in [-0.05, 0) is 57.5 Å². The number of hydrogen-bond donors (Lipinski definition) is 1. The summed E-state index contributed by atoms with van der Waals surface area (Å²) in [7, 11) is 2.17. The minimum absolute atomic E-state index is 0. The van der Waals surface area contributed by atoms with Crippen molar-refractivity contribution in [2.24, 2.45) is 0 Å². The van der Waals surface area contributed by atoms with E-state index in [9.17, 15) is 5.11 Å². The molecule has 0 atom stereocenters. The van der Waals surface area contributed by atoms with Gasteiger partial charge in [0.15, 0.2) is 0 Å². The lowest BCUT2D eigenvalue weighted by Crippen LogP contribution is -2.31. The third kappa shape index (κ3) is 5.76. The molecular formula is C17H30Cl3N3O. The number of nitrogens with zero attached hydrogens (tertiary/aromatic N) is 3.